The highest BCUT2D eigenvalue weighted by molar-refractivity contribution is 6.30. The second-order valence-corrected chi connectivity index (χ2v) is 5.37. The number of hydrogen-bond acceptors (Lipinski definition) is 2. The van der Waals surface area contributed by atoms with Crippen molar-refractivity contribution in [3.8, 4) is 11.5 Å². The molecule has 21 heavy (non-hydrogen) atoms. The Balaban J connectivity index is 1.84. The second-order valence-electron chi connectivity index (χ2n) is 4.96. The molecule has 2 aromatic carbocycles. The van der Waals surface area contributed by atoms with E-state index in [1.807, 2.05) is 0 Å². The minimum absolute atomic E-state index is 0.0147. The van der Waals surface area contributed by atoms with Crippen LogP contribution in [0.1, 0.15) is 12.8 Å². The standard InChI is InChI=1S/C16H14ClF2NO/c17-12-4-3-5-15(16(12)19)21-14-7-6-11(10-13(14)18)20-8-1-2-9-20/h3-7,10H,1-2,8-9H2. The average Bonchev–Trinajstić information content (AvgIpc) is 3.00. The fourth-order valence-electron chi connectivity index (χ4n) is 2.43. The molecule has 1 fully saturated rings. The van der Waals surface area contributed by atoms with Crippen LogP contribution in [-0.2, 0) is 0 Å². The Labute approximate surface area is 126 Å². The third-order valence-corrected chi connectivity index (χ3v) is 3.81. The lowest BCUT2D eigenvalue weighted by molar-refractivity contribution is 0.415. The summed E-state index contributed by atoms with van der Waals surface area (Å²) in [6, 6.07) is 9.10. The van der Waals surface area contributed by atoms with Gasteiger partial charge in [0.1, 0.15) is 0 Å². The largest absolute Gasteiger partial charge is 0.451 e. The van der Waals surface area contributed by atoms with Gasteiger partial charge < -0.3 is 9.64 Å². The molecule has 0 unspecified atom stereocenters. The Hall–Kier alpha value is -1.81. The van der Waals surface area contributed by atoms with E-state index in [-0.39, 0.29) is 16.5 Å². The molecular weight excluding hydrogens is 296 g/mol. The third kappa shape index (κ3) is 2.95. The van der Waals surface area contributed by atoms with Gasteiger partial charge in [-0.1, -0.05) is 17.7 Å². The van der Waals surface area contributed by atoms with Crippen LogP contribution in [0.3, 0.4) is 0 Å². The molecule has 1 saturated heterocycles. The number of benzene rings is 2. The molecule has 0 saturated carbocycles. The van der Waals surface area contributed by atoms with Crippen molar-refractivity contribution in [1.29, 1.82) is 0 Å². The maximum atomic E-state index is 14.1. The van der Waals surface area contributed by atoms with Crippen LogP contribution in [0.15, 0.2) is 36.4 Å². The SMILES string of the molecule is Fc1cc(N2CCCC2)ccc1Oc1cccc(Cl)c1F. The predicted molar refractivity (Wildman–Crippen MR) is 79.3 cm³/mol. The van der Waals surface area contributed by atoms with E-state index >= 15 is 0 Å². The molecule has 2 nitrogen and oxygen atoms in total. The highest BCUT2D eigenvalue weighted by Crippen LogP contribution is 2.32. The maximum absolute atomic E-state index is 14.1. The van der Waals surface area contributed by atoms with Crippen molar-refractivity contribution >= 4 is 17.3 Å². The summed E-state index contributed by atoms with van der Waals surface area (Å²) >= 11 is 5.68. The molecule has 2 aromatic rings. The summed E-state index contributed by atoms with van der Waals surface area (Å²) in [5.41, 5.74) is 0.823. The normalized spacial score (nSPS) is 14.5. The molecule has 0 radical (unpaired) electrons. The Morgan fingerprint density at radius 3 is 2.48 bits per heavy atom. The van der Waals surface area contributed by atoms with Crippen LogP contribution >= 0.6 is 11.6 Å². The summed E-state index contributed by atoms with van der Waals surface area (Å²) in [6.45, 7) is 1.87. The number of ether oxygens (including phenoxy) is 1. The second kappa shape index (κ2) is 5.90. The van der Waals surface area contributed by atoms with Crippen molar-refractivity contribution < 1.29 is 13.5 Å². The van der Waals surface area contributed by atoms with Gasteiger partial charge in [-0.05, 0) is 37.1 Å². The first kappa shape index (κ1) is 14.1. The minimum atomic E-state index is -0.692. The lowest BCUT2D eigenvalue weighted by atomic mass is 10.2. The van der Waals surface area contributed by atoms with Crippen molar-refractivity contribution in [2.75, 3.05) is 18.0 Å². The fraction of sp³-hybridized carbons (Fsp3) is 0.250. The minimum Gasteiger partial charge on any atom is -0.451 e. The molecule has 1 aliphatic rings. The van der Waals surface area contributed by atoms with E-state index in [2.05, 4.69) is 4.90 Å². The van der Waals surface area contributed by atoms with Crippen LogP contribution in [0.2, 0.25) is 5.02 Å². The van der Waals surface area contributed by atoms with E-state index in [9.17, 15) is 8.78 Å². The topological polar surface area (TPSA) is 12.5 Å². The number of nitrogens with zero attached hydrogens (tertiary/aromatic N) is 1. The maximum Gasteiger partial charge on any atom is 0.184 e. The van der Waals surface area contributed by atoms with Crippen LogP contribution < -0.4 is 9.64 Å². The Morgan fingerprint density at radius 2 is 1.76 bits per heavy atom. The van der Waals surface area contributed by atoms with Crippen LogP contribution in [0.25, 0.3) is 0 Å². The van der Waals surface area contributed by atoms with E-state index in [1.54, 1.807) is 12.1 Å². The Bertz CT molecular complexity index is 657. The summed E-state index contributed by atoms with van der Waals surface area (Å²) in [7, 11) is 0. The van der Waals surface area contributed by atoms with Gasteiger partial charge in [0.2, 0.25) is 0 Å². The van der Waals surface area contributed by atoms with Crippen molar-refractivity contribution in [2.45, 2.75) is 12.8 Å². The van der Waals surface area contributed by atoms with Gasteiger partial charge in [0.05, 0.1) is 5.02 Å². The summed E-state index contributed by atoms with van der Waals surface area (Å²) in [4.78, 5) is 2.12. The first-order valence-electron chi connectivity index (χ1n) is 6.81. The number of anilines is 1. The van der Waals surface area contributed by atoms with E-state index in [1.165, 1.54) is 24.3 Å². The monoisotopic (exact) mass is 309 g/mol. The first-order chi connectivity index (χ1) is 10.1. The zero-order chi connectivity index (χ0) is 14.8. The van der Waals surface area contributed by atoms with Crippen molar-refractivity contribution in [1.82, 2.24) is 0 Å². The molecule has 0 atom stereocenters. The van der Waals surface area contributed by atoms with Gasteiger partial charge in [0.15, 0.2) is 23.1 Å². The number of rotatable bonds is 3. The van der Waals surface area contributed by atoms with Gasteiger partial charge in [0.25, 0.3) is 0 Å². The van der Waals surface area contributed by atoms with Gasteiger partial charge in [-0.15, -0.1) is 0 Å². The van der Waals surface area contributed by atoms with Crippen LogP contribution in [0.4, 0.5) is 14.5 Å². The molecule has 0 N–H and O–H groups in total. The van der Waals surface area contributed by atoms with Crippen molar-refractivity contribution in [3.63, 3.8) is 0 Å². The van der Waals surface area contributed by atoms with Crippen molar-refractivity contribution in [2.24, 2.45) is 0 Å². The molecule has 3 rings (SSSR count). The zero-order valence-corrected chi connectivity index (χ0v) is 12.0. The first-order valence-corrected chi connectivity index (χ1v) is 7.19. The lowest BCUT2D eigenvalue weighted by Crippen LogP contribution is -2.17. The third-order valence-electron chi connectivity index (χ3n) is 3.52. The van der Waals surface area contributed by atoms with Crippen LogP contribution in [0.5, 0.6) is 11.5 Å². The van der Waals surface area contributed by atoms with E-state index in [0.717, 1.165) is 31.6 Å². The summed E-state index contributed by atoms with van der Waals surface area (Å²) < 4.78 is 33.2. The summed E-state index contributed by atoms with van der Waals surface area (Å²) in [6.07, 6.45) is 2.24. The number of hydrogen-bond donors (Lipinski definition) is 0. The molecule has 1 heterocycles. The summed E-state index contributed by atoms with van der Waals surface area (Å²) in [5.74, 6) is -1.31. The zero-order valence-electron chi connectivity index (χ0n) is 11.3. The molecule has 0 amide bonds. The highest BCUT2D eigenvalue weighted by atomic mass is 35.5. The molecule has 1 aliphatic heterocycles. The van der Waals surface area contributed by atoms with Crippen LogP contribution in [-0.4, -0.2) is 13.1 Å². The van der Waals surface area contributed by atoms with Gasteiger partial charge in [-0.3, -0.25) is 0 Å². The number of halogens is 3. The van der Waals surface area contributed by atoms with Crippen LogP contribution in [0, 0.1) is 11.6 Å². The van der Waals surface area contributed by atoms with Crippen molar-refractivity contribution in [3.05, 3.63) is 53.1 Å². The van der Waals surface area contributed by atoms with E-state index in [0.29, 0.717) is 0 Å². The molecule has 0 aromatic heterocycles. The van der Waals surface area contributed by atoms with Gasteiger partial charge in [0, 0.05) is 24.8 Å². The van der Waals surface area contributed by atoms with Gasteiger partial charge >= 0.3 is 0 Å². The molecule has 110 valence electrons. The Morgan fingerprint density at radius 1 is 1.00 bits per heavy atom. The highest BCUT2D eigenvalue weighted by Gasteiger charge is 2.16. The average molecular weight is 310 g/mol. The fourth-order valence-corrected chi connectivity index (χ4v) is 2.59. The molecule has 5 heteroatoms. The van der Waals surface area contributed by atoms with E-state index < -0.39 is 11.6 Å². The predicted octanol–water partition coefficient (Wildman–Crippen LogP) is 5.01. The van der Waals surface area contributed by atoms with Gasteiger partial charge in [-0.25, -0.2) is 8.78 Å². The summed E-state index contributed by atoms with van der Waals surface area (Å²) in [5, 5.41) is -0.0541. The lowest BCUT2D eigenvalue weighted by Gasteiger charge is -2.18. The van der Waals surface area contributed by atoms with E-state index in [4.69, 9.17) is 16.3 Å². The molecule has 0 aliphatic carbocycles. The Kier molecular flexibility index (Phi) is 3.97. The smallest absolute Gasteiger partial charge is 0.184 e. The van der Waals surface area contributed by atoms with Gasteiger partial charge in [-0.2, -0.15) is 0 Å². The quantitative estimate of drug-likeness (QED) is 0.790. The molecular formula is C16H14ClF2NO. The molecule has 0 bridgehead atoms. The molecule has 0 spiro atoms.